The van der Waals surface area contributed by atoms with Crippen LogP contribution in [0.15, 0.2) is 52.4 Å². The van der Waals surface area contributed by atoms with Crippen molar-refractivity contribution in [2.24, 2.45) is 4.99 Å². The number of thioether (sulfide) groups is 1. The van der Waals surface area contributed by atoms with Crippen LogP contribution in [0.25, 0.3) is 16.6 Å². The van der Waals surface area contributed by atoms with Crippen LogP contribution < -0.4 is 5.32 Å². The highest BCUT2D eigenvalue weighted by atomic mass is 35.5. The summed E-state index contributed by atoms with van der Waals surface area (Å²) in [5.74, 6) is -0.282. The lowest BCUT2D eigenvalue weighted by Crippen LogP contribution is -2.19. The molecule has 0 spiro atoms. The maximum Gasteiger partial charge on any atom is 0.264 e. The Morgan fingerprint density at radius 2 is 1.68 bits per heavy atom. The molecule has 10 heteroatoms. The summed E-state index contributed by atoms with van der Waals surface area (Å²) in [6.07, 6.45) is 1.64. The molecule has 0 radical (unpaired) electrons. The number of amidine groups is 1. The summed E-state index contributed by atoms with van der Waals surface area (Å²) in [6.45, 7) is 0. The minimum Gasteiger partial charge on any atom is -0.300 e. The van der Waals surface area contributed by atoms with E-state index in [1.807, 2.05) is 18.2 Å². The van der Waals surface area contributed by atoms with Gasteiger partial charge in [-0.15, -0.1) is 10.2 Å². The molecule has 1 amide bonds. The number of halogens is 3. The lowest BCUT2D eigenvalue weighted by Gasteiger charge is -2.01. The minimum absolute atomic E-state index is 0.282. The lowest BCUT2D eigenvalue weighted by molar-refractivity contribution is -0.115. The summed E-state index contributed by atoms with van der Waals surface area (Å²) < 4.78 is 0. The Hall–Kier alpha value is -1.90. The van der Waals surface area contributed by atoms with E-state index in [0.717, 1.165) is 5.56 Å². The summed E-state index contributed by atoms with van der Waals surface area (Å²) in [7, 11) is 0. The van der Waals surface area contributed by atoms with E-state index in [9.17, 15) is 4.79 Å². The van der Waals surface area contributed by atoms with Crippen LogP contribution in [-0.4, -0.2) is 21.3 Å². The molecule has 140 valence electrons. The van der Waals surface area contributed by atoms with E-state index in [0.29, 0.717) is 40.8 Å². The number of carbonyl (C=O) groups excluding carboxylic acids is 1. The number of benzene rings is 2. The van der Waals surface area contributed by atoms with Crippen LogP contribution in [0.2, 0.25) is 15.1 Å². The third-order valence-corrected chi connectivity index (χ3v) is 6.39. The second kappa shape index (κ2) is 8.23. The first-order chi connectivity index (χ1) is 13.5. The quantitative estimate of drug-likeness (QED) is 0.476. The number of hydrogen-bond donors (Lipinski definition) is 1. The van der Waals surface area contributed by atoms with Crippen molar-refractivity contribution in [3.63, 3.8) is 0 Å². The number of rotatable bonds is 3. The number of amides is 1. The van der Waals surface area contributed by atoms with Crippen molar-refractivity contribution in [2.45, 2.75) is 0 Å². The Morgan fingerprint density at radius 1 is 0.964 bits per heavy atom. The molecular weight excluding hydrogens is 459 g/mol. The predicted molar refractivity (Wildman–Crippen MR) is 118 cm³/mol. The molecular formula is C18H9Cl3N4OS2. The van der Waals surface area contributed by atoms with Gasteiger partial charge in [0.15, 0.2) is 10.2 Å². The van der Waals surface area contributed by atoms with Gasteiger partial charge in [-0.2, -0.15) is 4.99 Å². The number of carbonyl (C=O) groups is 1. The Bertz CT molecular complexity index is 1120. The molecule has 5 nitrogen and oxygen atoms in total. The van der Waals surface area contributed by atoms with Crippen LogP contribution in [0.5, 0.6) is 0 Å². The molecule has 1 fully saturated rings. The van der Waals surface area contributed by atoms with Gasteiger partial charge in [0.05, 0.1) is 9.93 Å². The molecule has 0 unspecified atom stereocenters. The molecule has 0 bridgehead atoms. The molecule has 1 saturated heterocycles. The summed E-state index contributed by atoms with van der Waals surface area (Å²) in [6, 6.07) is 12.5. The lowest BCUT2D eigenvalue weighted by atomic mass is 10.2. The predicted octanol–water partition coefficient (Wildman–Crippen LogP) is 6.06. The Labute approximate surface area is 183 Å². The van der Waals surface area contributed by atoms with E-state index < -0.39 is 0 Å². The van der Waals surface area contributed by atoms with Gasteiger partial charge in [0.1, 0.15) is 0 Å². The highest BCUT2D eigenvalue weighted by molar-refractivity contribution is 8.18. The second-order valence-corrected chi connectivity index (χ2v) is 8.69. The van der Waals surface area contributed by atoms with Gasteiger partial charge in [0.25, 0.3) is 5.91 Å². The van der Waals surface area contributed by atoms with Gasteiger partial charge >= 0.3 is 0 Å². The van der Waals surface area contributed by atoms with Crippen molar-refractivity contribution in [1.29, 1.82) is 0 Å². The fraction of sp³-hybridized carbons (Fsp3) is 0. The van der Waals surface area contributed by atoms with Crippen LogP contribution in [0, 0.1) is 0 Å². The van der Waals surface area contributed by atoms with Gasteiger partial charge in [0, 0.05) is 21.2 Å². The number of aromatic nitrogens is 2. The van der Waals surface area contributed by atoms with E-state index in [-0.39, 0.29) is 5.91 Å². The minimum atomic E-state index is -0.282. The summed E-state index contributed by atoms with van der Waals surface area (Å²) in [4.78, 5) is 17.1. The SMILES string of the molecule is O=C1NC(=Nc2nnc(-c3ccccc3Cl)s2)SC1=Cc1c(Cl)cccc1Cl. The molecule has 2 heterocycles. The van der Waals surface area contributed by atoms with Gasteiger partial charge < -0.3 is 5.32 Å². The number of nitrogens with zero attached hydrogens (tertiary/aromatic N) is 3. The first-order valence-corrected chi connectivity index (χ1v) is 10.6. The van der Waals surface area contributed by atoms with Gasteiger partial charge in [-0.05, 0) is 36.0 Å². The van der Waals surface area contributed by atoms with Crippen molar-refractivity contribution in [2.75, 3.05) is 0 Å². The normalized spacial score (nSPS) is 16.8. The van der Waals surface area contributed by atoms with Crippen molar-refractivity contribution >= 4 is 80.2 Å². The zero-order valence-corrected chi connectivity index (χ0v) is 17.7. The van der Waals surface area contributed by atoms with Crippen LogP contribution in [-0.2, 0) is 4.79 Å². The Morgan fingerprint density at radius 3 is 2.43 bits per heavy atom. The first-order valence-electron chi connectivity index (χ1n) is 7.83. The van der Waals surface area contributed by atoms with Crippen molar-refractivity contribution in [3.8, 4) is 10.6 Å². The fourth-order valence-corrected chi connectivity index (χ4v) is 4.76. The average molecular weight is 468 g/mol. The molecule has 3 aromatic rings. The van der Waals surface area contributed by atoms with E-state index in [4.69, 9.17) is 34.8 Å². The highest BCUT2D eigenvalue weighted by Gasteiger charge is 2.25. The molecule has 4 rings (SSSR count). The number of aliphatic imine (C=N–C) groups is 1. The fourth-order valence-electron chi connectivity index (χ4n) is 2.35. The number of hydrogen-bond acceptors (Lipinski definition) is 6. The summed E-state index contributed by atoms with van der Waals surface area (Å²) >= 11 is 21.0. The smallest absolute Gasteiger partial charge is 0.264 e. The average Bonchev–Trinajstić information content (AvgIpc) is 3.25. The van der Waals surface area contributed by atoms with E-state index in [1.54, 1.807) is 30.3 Å². The topological polar surface area (TPSA) is 67.2 Å². The largest absolute Gasteiger partial charge is 0.300 e. The molecule has 0 saturated carbocycles. The molecule has 1 aromatic heterocycles. The molecule has 28 heavy (non-hydrogen) atoms. The van der Waals surface area contributed by atoms with Gasteiger partial charge in [-0.3, -0.25) is 4.79 Å². The molecule has 1 aliphatic heterocycles. The van der Waals surface area contributed by atoms with Gasteiger partial charge in [0.2, 0.25) is 5.13 Å². The maximum atomic E-state index is 12.3. The first kappa shape index (κ1) is 19.4. The monoisotopic (exact) mass is 466 g/mol. The molecule has 0 aliphatic carbocycles. The van der Waals surface area contributed by atoms with Gasteiger partial charge in [-0.1, -0.05) is 70.4 Å². The zero-order valence-electron chi connectivity index (χ0n) is 13.8. The van der Waals surface area contributed by atoms with Crippen LogP contribution in [0.4, 0.5) is 5.13 Å². The zero-order chi connectivity index (χ0) is 19.7. The Balaban J connectivity index is 1.59. The van der Waals surface area contributed by atoms with Crippen molar-refractivity contribution < 1.29 is 4.79 Å². The second-order valence-electron chi connectivity index (χ2n) is 5.49. The summed E-state index contributed by atoms with van der Waals surface area (Å²) in [5.41, 5.74) is 1.37. The van der Waals surface area contributed by atoms with E-state index in [2.05, 4.69) is 20.5 Å². The van der Waals surface area contributed by atoms with E-state index in [1.165, 1.54) is 23.1 Å². The van der Waals surface area contributed by atoms with Crippen LogP contribution >= 0.6 is 57.9 Å². The van der Waals surface area contributed by atoms with Crippen molar-refractivity contribution in [3.05, 3.63) is 68.0 Å². The Kier molecular flexibility index (Phi) is 5.70. The molecule has 1 N–H and O–H groups in total. The maximum absolute atomic E-state index is 12.3. The molecule has 1 aliphatic rings. The third-order valence-electron chi connectivity index (χ3n) is 3.64. The van der Waals surface area contributed by atoms with E-state index >= 15 is 0 Å². The highest BCUT2D eigenvalue weighted by Crippen LogP contribution is 2.35. The standard InChI is InChI=1S/C18H9Cl3N4OS2/c19-11-5-2-1-4-9(11)16-24-25-18(28-16)23-17-22-15(26)14(27-17)8-10-12(20)6-3-7-13(10)21/h1-8H,(H,22,23,25,26). The third kappa shape index (κ3) is 4.09. The van der Waals surface area contributed by atoms with Crippen LogP contribution in [0.3, 0.4) is 0 Å². The molecule has 0 atom stereocenters. The van der Waals surface area contributed by atoms with Crippen LogP contribution in [0.1, 0.15) is 5.56 Å². The molecule has 2 aromatic carbocycles. The summed E-state index contributed by atoms with van der Waals surface area (Å²) in [5, 5.41) is 13.9. The van der Waals surface area contributed by atoms with Crippen molar-refractivity contribution in [1.82, 2.24) is 15.5 Å². The number of nitrogens with one attached hydrogen (secondary N) is 1. The van der Waals surface area contributed by atoms with Gasteiger partial charge in [-0.25, -0.2) is 0 Å².